The summed E-state index contributed by atoms with van der Waals surface area (Å²) in [6.45, 7) is 0. The molecule has 1 aliphatic rings. The maximum absolute atomic E-state index is 5.66. The van der Waals surface area contributed by atoms with Crippen molar-refractivity contribution in [1.82, 2.24) is 4.98 Å². The van der Waals surface area contributed by atoms with Crippen molar-refractivity contribution in [3.8, 4) is 11.6 Å². The lowest BCUT2D eigenvalue weighted by Gasteiger charge is -2.06. The van der Waals surface area contributed by atoms with Crippen molar-refractivity contribution in [2.24, 2.45) is 0 Å². The zero-order valence-electron chi connectivity index (χ0n) is 7.49. The predicted molar refractivity (Wildman–Crippen MR) is 48.9 cm³/mol. The van der Waals surface area contributed by atoms with E-state index in [1.165, 1.54) is 0 Å². The van der Waals surface area contributed by atoms with Crippen LogP contribution in [-0.2, 0) is 0 Å². The third-order valence-electron chi connectivity index (χ3n) is 1.87. The summed E-state index contributed by atoms with van der Waals surface area (Å²) in [5, 5.41) is 0. The van der Waals surface area contributed by atoms with E-state index in [1.807, 2.05) is 0 Å². The van der Waals surface area contributed by atoms with Crippen LogP contribution in [0.15, 0.2) is 12.3 Å². The number of rotatable bonds is 3. The molecule has 1 aliphatic carbocycles. The third-order valence-corrected chi connectivity index (χ3v) is 1.87. The highest BCUT2D eigenvalue weighted by Crippen LogP contribution is 2.29. The molecule has 0 saturated heterocycles. The second-order valence-electron chi connectivity index (χ2n) is 3.09. The van der Waals surface area contributed by atoms with Crippen LogP contribution in [0.5, 0.6) is 11.6 Å². The molecular weight excluding hydrogens is 168 g/mol. The number of hydrogen-bond donors (Lipinski definition) is 1. The molecule has 0 atom stereocenters. The summed E-state index contributed by atoms with van der Waals surface area (Å²) in [6, 6.07) is 1.74. The van der Waals surface area contributed by atoms with Crippen LogP contribution in [0.4, 0.5) is 5.69 Å². The molecule has 0 aromatic carbocycles. The van der Waals surface area contributed by atoms with Crippen LogP contribution >= 0.6 is 0 Å². The summed E-state index contributed by atoms with van der Waals surface area (Å²) in [6.07, 6.45) is 4.26. The first-order valence-corrected chi connectivity index (χ1v) is 4.26. The third kappa shape index (κ3) is 1.83. The van der Waals surface area contributed by atoms with Gasteiger partial charge in [-0.05, 0) is 12.8 Å². The minimum atomic E-state index is 0.370. The van der Waals surface area contributed by atoms with E-state index < -0.39 is 0 Å². The largest absolute Gasteiger partial charge is 0.489 e. The summed E-state index contributed by atoms with van der Waals surface area (Å²) in [5.41, 5.74) is 6.18. The normalized spacial score (nSPS) is 15.5. The minimum Gasteiger partial charge on any atom is -0.489 e. The van der Waals surface area contributed by atoms with E-state index >= 15 is 0 Å². The van der Waals surface area contributed by atoms with Crippen LogP contribution in [0, 0.1) is 0 Å². The van der Waals surface area contributed by atoms with E-state index in [0.29, 0.717) is 17.7 Å². The summed E-state index contributed by atoms with van der Waals surface area (Å²) in [5.74, 6) is 1.17. The van der Waals surface area contributed by atoms with Gasteiger partial charge >= 0.3 is 0 Å². The second kappa shape index (κ2) is 3.12. The molecule has 2 rings (SSSR count). The van der Waals surface area contributed by atoms with Crippen LogP contribution < -0.4 is 15.2 Å². The number of ether oxygens (including phenoxy) is 2. The monoisotopic (exact) mass is 180 g/mol. The standard InChI is InChI=1S/C9H12N2O2/c1-12-9-8(10)4-7(5-11-9)13-6-2-3-6/h4-6H,2-3,10H2,1H3. The first-order chi connectivity index (χ1) is 6.29. The van der Waals surface area contributed by atoms with Crippen molar-refractivity contribution in [2.45, 2.75) is 18.9 Å². The van der Waals surface area contributed by atoms with Gasteiger partial charge in [-0.3, -0.25) is 0 Å². The van der Waals surface area contributed by atoms with Gasteiger partial charge < -0.3 is 15.2 Å². The summed E-state index contributed by atoms with van der Waals surface area (Å²) in [4.78, 5) is 4.01. The molecule has 13 heavy (non-hydrogen) atoms. The lowest BCUT2D eigenvalue weighted by molar-refractivity contribution is 0.300. The van der Waals surface area contributed by atoms with Crippen molar-refractivity contribution in [2.75, 3.05) is 12.8 Å². The molecule has 1 fully saturated rings. The fourth-order valence-corrected chi connectivity index (χ4v) is 1.06. The van der Waals surface area contributed by atoms with Gasteiger partial charge in [-0.15, -0.1) is 0 Å². The summed E-state index contributed by atoms with van der Waals surface area (Å²) >= 11 is 0. The molecule has 1 aromatic heterocycles. The van der Waals surface area contributed by atoms with Gasteiger partial charge in [-0.1, -0.05) is 0 Å². The Morgan fingerprint density at radius 2 is 2.31 bits per heavy atom. The molecule has 0 bridgehead atoms. The molecule has 1 heterocycles. The molecule has 0 amide bonds. The summed E-state index contributed by atoms with van der Waals surface area (Å²) in [7, 11) is 1.54. The van der Waals surface area contributed by atoms with Gasteiger partial charge in [0.05, 0.1) is 25.1 Å². The van der Waals surface area contributed by atoms with E-state index in [9.17, 15) is 0 Å². The van der Waals surface area contributed by atoms with Crippen LogP contribution in [0.1, 0.15) is 12.8 Å². The highest BCUT2D eigenvalue weighted by atomic mass is 16.5. The molecule has 70 valence electrons. The average molecular weight is 180 g/mol. The number of anilines is 1. The number of nitrogens with zero attached hydrogens (tertiary/aromatic N) is 1. The van der Waals surface area contributed by atoms with E-state index in [1.54, 1.807) is 19.4 Å². The predicted octanol–water partition coefficient (Wildman–Crippen LogP) is 1.21. The maximum Gasteiger partial charge on any atom is 0.237 e. The highest BCUT2D eigenvalue weighted by molar-refractivity contribution is 5.51. The van der Waals surface area contributed by atoms with Crippen LogP contribution in [-0.4, -0.2) is 18.2 Å². The molecule has 2 N–H and O–H groups in total. The number of aromatic nitrogens is 1. The molecule has 0 aliphatic heterocycles. The first-order valence-electron chi connectivity index (χ1n) is 4.26. The molecule has 0 radical (unpaired) electrons. The zero-order chi connectivity index (χ0) is 9.26. The van der Waals surface area contributed by atoms with Crippen molar-refractivity contribution >= 4 is 5.69 Å². The van der Waals surface area contributed by atoms with Crippen LogP contribution in [0.3, 0.4) is 0 Å². The summed E-state index contributed by atoms with van der Waals surface area (Å²) < 4.78 is 10.4. The van der Waals surface area contributed by atoms with Gasteiger partial charge in [-0.25, -0.2) is 4.98 Å². The molecule has 0 spiro atoms. The number of nitrogen functional groups attached to an aromatic ring is 1. The van der Waals surface area contributed by atoms with Crippen molar-refractivity contribution in [3.05, 3.63) is 12.3 Å². The Labute approximate surface area is 76.7 Å². The topological polar surface area (TPSA) is 57.4 Å². The molecule has 4 heteroatoms. The lowest BCUT2D eigenvalue weighted by Crippen LogP contribution is -2.00. The SMILES string of the molecule is COc1ncc(OC2CC2)cc1N. The Morgan fingerprint density at radius 3 is 2.85 bits per heavy atom. The molecule has 4 nitrogen and oxygen atoms in total. The Morgan fingerprint density at radius 1 is 1.54 bits per heavy atom. The Hall–Kier alpha value is -1.45. The van der Waals surface area contributed by atoms with Crippen molar-refractivity contribution < 1.29 is 9.47 Å². The molecule has 1 saturated carbocycles. The number of nitrogens with two attached hydrogens (primary N) is 1. The van der Waals surface area contributed by atoms with Crippen molar-refractivity contribution in [1.29, 1.82) is 0 Å². The van der Waals surface area contributed by atoms with Gasteiger partial charge in [0, 0.05) is 6.07 Å². The maximum atomic E-state index is 5.66. The lowest BCUT2D eigenvalue weighted by atomic mass is 10.4. The van der Waals surface area contributed by atoms with E-state index in [2.05, 4.69) is 4.98 Å². The quantitative estimate of drug-likeness (QED) is 0.759. The Kier molecular flexibility index (Phi) is 1.96. The first kappa shape index (κ1) is 8.16. The molecular formula is C9H12N2O2. The fraction of sp³-hybridized carbons (Fsp3) is 0.444. The van der Waals surface area contributed by atoms with E-state index in [-0.39, 0.29) is 0 Å². The highest BCUT2D eigenvalue weighted by Gasteiger charge is 2.23. The van der Waals surface area contributed by atoms with Gasteiger partial charge in [0.15, 0.2) is 0 Å². The van der Waals surface area contributed by atoms with E-state index in [4.69, 9.17) is 15.2 Å². The van der Waals surface area contributed by atoms with Crippen LogP contribution in [0.2, 0.25) is 0 Å². The van der Waals surface area contributed by atoms with Gasteiger partial charge in [0.2, 0.25) is 5.88 Å². The number of methoxy groups -OCH3 is 1. The van der Waals surface area contributed by atoms with Crippen LogP contribution in [0.25, 0.3) is 0 Å². The number of hydrogen-bond acceptors (Lipinski definition) is 4. The molecule has 0 unspecified atom stereocenters. The van der Waals surface area contributed by atoms with Crippen molar-refractivity contribution in [3.63, 3.8) is 0 Å². The Balaban J connectivity index is 2.13. The van der Waals surface area contributed by atoms with Gasteiger partial charge in [0.1, 0.15) is 5.75 Å². The fourth-order valence-electron chi connectivity index (χ4n) is 1.06. The van der Waals surface area contributed by atoms with Gasteiger partial charge in [0.25, 0.3) is 0 Å². The van der Waals surface area contributed by atoms with Gasteiger partial charge in [-0.2, -0.15) is 0 Å². The molecule has 1 aromatic rings. The number of pyridine rings is 1. The minimum absolute atomic E-state index is 0.370. The zero-order valence-corrected chi connectivity index (χ0v) is 7.49. The average Bonchev–Trinajstić information content (AvgIpc) is 2.89. The Bertz CT molecular complexity index is 310. The van der Waals surface area contributed by atoms with E-state index in [0.717, 1.165) is 18.6 Å². The smallest absolute Gasteiger partial charge is 0.237 e. The second-order valence-corrected chi connectivity index (χ2v) is 3.09.